The fourth-order valence-electron chi connectivity index (χ4n) is 2.56. The summed E-state index contributed by atoms with van der Waals surface area (Å²) in [6.07, 6.45) is 0. The van der Waals surface area contributed by atoms with E-state index >= 15 is 0 Å². The Morgan fingerprint density at radius 3 is 2.36 bits per heavy atom. The number of methoxy groups -OCH3 is 3. The third kappa shape index (κ3) is 5.00. The quantitative estimate of drug-likeness (QED) is 0.735. The smallest absolute Gasteiger partial charge is 0.337 e. The van der Waals surface area contributed by atoms with Crippen LogP contribution in [0.2, 0.25) is 0 Å². The van der Waals surface area contributed by atoms with Crippen molar-refractivity contribution in [3.05, 3.63) is 48.0 Å². The summed E-state index contributed by atoms with van der Waals surface area (Å²) in [5.41, 5.74) is 1.13. The highest BCUT2D eigenvalue weighted by molar-refractivity contribution is 6.03. The van der Waals surface area contributed by atoms with Crippen molar-refractivity contribution in [1.82, 2.24) is 0 Å². The lowest BCUT2D eigenvalue weighted by molar-refractivity contribution is -0.120. The maximum atomic E-state index is 12.5. The van der Waals surface area contributed by atoms with Gasteiger partial charge < -0.3 is 19.5 Å². The number of nitrogens with zero attached hydrogens (tertiary/aromatic N) is 1. The maximum absolute atomic E-state index is 12.5. The molecule has 2 aromatic carbocycles. The minimum atomic E-state index is -0.512. The monoisotopic (exact) mass is 386 g/mol. The van der Waals surface area contributed by atoms with E-state index in [4.69, 9.17) is 9.47 Å². The zero-order valence-corrected chi connectivity index (χ0v) is 16.1. The normalized spacial score (nSPS) is 10.0. The Hall–Kier alpha value is -3.55. The van der Waals surface area contributed by atoms with E-state index in [1.807, 2.05) is 0 Å². The molecule has 0 bridgehead atoms. The first-order valence-electron chi connectivity index (χ1n) is 8.38. The molecule has 1 N–H and O–H groups in total. The first kappa shape index (κ1) is 20.8. The molecule has 2 rings (SSSR count). The van der Waals surface area contributed by atoms with Crippen molar-refractivity contribution in [3.8, 4) is 11.5 Å². The lowest BCUT2D eigenvalue weighted by Gasteiger charge is -2.23. The standard InChI is InChI=1S/C20H22N2O6/c1-13(23)22(17-11-16(26-2)8-9-18(17)27-3)12-19(24)21-15-7-5-6-14(10-15)20(25)28-4/h5-11H,12H2,1-4H3,(H,21,24). The van der Waals surface area contributed by atoms with E-state index in [9.17, 15) is 14.4 Å². The van der Waals surface area contributed by atoms with E-state index < -0.39 is 11.9 Å². The third-order valence-electron chi connectivity index (χ3n) is 3.93. The van der Waals surface area contributed by atoms with Crippen LogP contribution in [0.5, 0.6) is 11.5 Å². The Morgan fingerprint density at radius 1 is 1.00 bits per heavy atom. The minimum absolute atomic E-state index is 0.249. The van der Waals surface area contributed by atoms with E-state index in [1.165, 1.54) is 39.2 Å². The van der Waals surface area contributed by atoms with Gasteiger partial charge in [0.25, 0.3) is 0 Å². The Kier molecular flexibility index (Phi) is 6.97. The molecule has 0 aliphatic rings. The molecular formula is C20H22N2O6. The lowest BCUT2D eigenvalue weighted by Crippen LogP contribution is -2.37. The van der Waals surface area contributed by atoms with Crippen LogP contribution in [-0.2, 0) is 14.3 Å². The molecule has 0 saturated carbocycles. The van der Waals surface area contributed by atoms with Gasteiger partial charge in [-0.25, -0.2) is 4.79 Å². The topological polar surface area (TPSA) is 94.2 Å². The predicted molar refractivity (Wildman–Crippen MR) is 104 cm³/mol. The van der Waals surface area contributed by atoms with Gasteiger partial charge in [-0.05, 0) is 30.3 Å². The first-order chi connectivity index (χ1) is 13.4. The zero-order chi connectivity index (χ0) is 20.7. The molecule has 148 valence electrons. The van der Waals surface area contributed by atoms with E-state index in [-0.39, 0.29) is 12.5 Å². The number of benzene rings is 2. The molecule has 0 fully saturated rings. The molecule has 2 amide bonds. The van der Waals surface area contributed by atoms with E-state index in [0.29, 0.717) is 28.4 Å². The molecule has 0 saturated heterocycles. The average Bonchev–Trinajstić information content (AvgIpc) is 2.70. The average molecular weight is 386 g/mol. The molecule has 0 radical (unpaired) electrons. The molecule has 0 aliphatic carbocycles. The number of ether oxygens (including phenoxy) is 3. The highest BCUT2D eigenvalue weighted by Crippen LogP contribution is 2.32. The molecule has 2 aromatic rings. The largest absolute Gasteiger partial charge is 0.497 e. The number of carbonyl (C=O) groups excluding carboxylic acids is 3. The van der Waals surface area contributed by atoms with Gasteiger partial charge in [-0.1, -0.05) is 6.07 Å². The second-order valence-electron chi connectivity index (χ2n) is 5.76. The summed E-state index contributed by atoms with van der Waals surface area (Å²) in [4.78, 5) is 37.6. The molecule has 8 nitrogen and oxygen atoms in total. The highest BCUT2D eigenvalue weighted by Gasteiger charge is 2.20. The number of hydrogen-bond acceptors (Lipinski definition) is 6. The molecule has 0 unspecified atom stereocenters. The van der Waals surface area contributed by atoms with E-state index in [1.54, 1.807) is 36.4 Å². The summed E-state index contributed by atoms with van der Waals surface area (Å²) in [6, 6.07) is 11.3. The zero-order valence-electron chi connectivity index (χ0n) is 16.1. The third-order valence-corrected chi connectivity index (χ3v) is 3.93. The SMILES string of the molecule is COC(=O)c1cccc(NC(=O)CN(C(C)=O)c2cc(OC)ccc2OC)c1. The van der Waals surface area contributed by atoms with Crippen LogP contribution in [-0.4, -0.2) is 45.7 Å². The summed E-state index contributed by atoms with van der Waals surface area (Å²) in [6.45, 7) is 1.10. The summed E-state index contributed by atoms with van der Waals surface area (Å²) in [5, 5.41) is 2.67. The summed E-state index contributed by atoms with van der Waals surface area (Å²) in [7, 11) is 4.26. The Balaban J connectivity index is 2.23. The molecule has 0 atom stereocenters. The molecule has 0 aromatic heterocycles. The Labute approximate surface area is 163 Å². The Bertz CT molecular complexity index is 881. The van der Waals surface area contributed by atoms with E-state index in [0.717, 1.165) is 0 Å². The summed E-state index contributed by atoms with van der Waals surface area (Å²) < 4.78 is 15.2. The lowest BCUT2D eigenvalue weighted by atomic mass is 10.2. The van der Waals surface area contributed by atoms with Gasteiger partial charge in [0, 0.05) is 18.7 Å². The van der Waals surface area contributed by atoms with Crippen LogP contribution in [0.25, 0.3) is 0 Å². The van der Waals surface area contributed by atoms with E-state index in [2.05, 4.69) is 10.1 Å². The highest BCUT2D eigenvalue weighted by atomic mass is 16.5. The van der Waals surface area contributed by atoms with Crippen LogP contribution in [0.4, 0.5) is 11.4 Å². The van der Waals surface area contributed by atoms with Gasteiger partial charge in [0.15, 0.2) is 0 Å². The van der Waals surface area contributed by atoms with Crippen LogP contribution in [0.3, 0.4) is 0 Å². The van der Waals surface area contributed by atoms with Crippen LogP contribution in [0, 0.1) is 0 Å². The molecular weight excluding hydrogens is 364 g/mol. The van der Waals surface area contributed by atoms with Crippen molar-refractivity contribution in [2.75, 3.05) is 38.1 Å². The van der Waals surface area contributed by atoms with Crippen molar-refractivity contribution < 1.29 is 28.6 Å². The van der Waals surface area contributed by atoms with Gasteiger partial charge in [0.2, 0.25) is 11.8 Å². The summed E-state index contributed by atoms with van der Waals surface area (Å²) >= 11 is 0. The Morgan fingerprint density at radius 2 is 1.75 bits per heavy atom. The van der Waals surface area contributed by atoms with Gasteiger partial charge in [-0.3, -0.25) is 14.5 Å². The van der Waals surface area contributed by atoms with Crippen LogP contribution in [0.15, 0.2) is 42.5 Å². The van der Waals surface area contributed by atoms with Crippen LogP contribution >= 0.6 is 0 Å². The molecule has 28 heavy (non-hydrogen) atoms. The van der Waals surface area contributed by atoms with Gasteiger partial charge in [0.1, 0.15) is 18.0 Å². The number of hydrogen-bond donors (Lipinski definition) is 1. The number of carbonyl (C=O) groups is 3. The summed E-state index contributed by atoms with van der Waals surface area (Å²) in [5.74, 6) is -0.348. The maximum Gasteiger partial charge on any atom is 0.337 e. The molecule has 0 spiro atoms. The first-order valence-corrected chi connectivity index (χ1v) is 8.38. The molecule has 0 heterocycles. The van der Waals surface area contributed by atoms with Gasteiger partial charge in [-0.2, -0.15) is 0 Å². The van der Waals surface area contributed by atoms with Crippen molar-refractivity contribution in [2.45, 2.75) is 6.92 Å². The number of rotatable bonds is 7. The van der Waals surface area contributed by atoms with Crippen molar-refractivity contribution in [3.63, 3.8) is 0 Å². The molecule has 0 aliphatic heterocycles. The molecule has 8 heteroatoms. The van der Waals surface area contributed by atoms with Gasteiger partial charge >= 0.3 is 5.97 Å². The number of esters is 1. The van der Waals surface area contributed by atoms with Crippen molar-refractivity contribution in [2.24, 2.45) is 0 Å². The number of anilines is 2. The van der Waals surface area contributed by atoms with Crippen molar-refractivity contribution in [1.29, 1.82) is 0 Å². The minimum Gasteiger partial charge on any atom is -0.497 e. The number of amides is 2. The fraction of sp³-hybridized carbons (Fsp3) is 0.250. The predicted octanol–water partition coefficient (Wildman–Crippen LogP) is 2.48. The second kappa shape index (κ2) is 9.40. The van der Waals surface area contributed by atoms with Crippen LogP contribution in [0.1, 0.15) is 17.3 Å². The number of nitrogens with one attached hydrogen (secondary N) is 1. The van der Waals surface area contributed by atoms with Crippen LogP contribution < -0.4 is 19.7 Å². The van der Waals surface area contributed by atoms with Gasteiger partial charge in [-0.15, -0.1) is 0 Å². The van der Waals surface area contributed by atoms with Crippen molar-refractivity contribution >= 4 is 29.2 Å². The second-order valence-corrected chi connectivity index (χ2v) is 5.76. The fourth-order valence-corrected chi connectivity index (χ4v) is 2.56. The van der Waals surface area contributed by atoms with Gasteiger partial charge in [0.05, 0.1) is 32.6 Å².